The van der Waals surface area contributed by atoms with Crippen LogP contribution in [0.3, 0.4) is 0 Å². The van der Waals surface area contributed by atoms with E-state index >= 15 is 0 Å². The molecule has 6 nitrogen and oxygen atoms in total. The van der Waals surface area contributed by atoms with E-state index in [4.69, 9.17) is 5.73 Å². The summed E-state index contributed by atoms with van der Waals surface area (Å²) in [7, 11) is 0. The van der Waals surface area contributed by atoms with E-state index in [1.807, 2.05) is 19.1 Å². The maximum atomic E-state index is 11.8. The molecule has 1 aliphatic heterocycles. The highest BCUT2D eigenvalue weighted by Gasteiger charge is 2.21. The minimum atomic E-state index is 0.123. The number of aldehydes is 1. The van der Waals surface area contributed by atoms with Crippen molar-refractivity contribution in [2.24, 2.45) is 0 Å². The van der Waals surface area contributed by atoms with Crippen molar-refractivity contribution in [3.8, 4) is 22.7 Å². The van der Waals surface area contributed by atoms with Crippen LogP contribution in [0, 0.1) is 6.92 Å². The summed E-state index contributed by atoms with van der Waals surface area (Å²) in [6.45, 7) is 3.95. The third-order valence-corrected chi connectivity index (χ3v) is 5.47. The lowest BCUT2D eigenvalue weighted by molar-refractivity contribution is 0.112. The van der Waals surface area contributed by atoms with Crippen LogP contribution in [0.25, 0.3) is 16.9 Å². The summed E-state index contributed by atoms with van der Waals surface area (Å²) in [5.41, 5.74) is 10.9. The number of anilines is 1. The van der Waals surface area contributed by atoms with Crippen LogP contribution in [0.15, 0.2) is 42.5 Å². The molecule has 4 rings (SSSR count). The van der Waals surface area contributed by atoms with Crippen molar-refractivity contribution in [1.29, 1.82) is 0 Å². The number of nitrogen functional groups attached to an aromatic ring is 1. The zero-order valence-electron chi connectivity index (χ0n) is 15.9. The van der Waals surface area contributed by atoms with Gasteiger partial charge in [-0.3, -0.25) is 4.79 Å². The Morgan fingerprint density at radius 2 is 2.00 bits per heavy atom. The summed E-state index contributed by atoms with van der Waals surface area (Å²) in [6, 6.07) is 13.2. The summed E-state index contributed by atoms with van der Waals surface area (Å²) in [5, 5.41) is 17.9. The van der Waals surface area contributed by atoms with E-state index in [1.54, 1.807) is 18.2 Å². The second kappa shape index (κ2) is 7.48. The molecule has 0 saturated carbocycles. The molecule has 1 fully saturated rings. The molecule has 1 aliphatic rings. The molecule has 0 atom stereocenters. The van der Waals surface area contributed by atoms with Crippen molar-refractivity contribution < 1.29 is 9.90 Å². The monoisotopic (exact) mass is 376 g/mol. The van der Waals surface area contributed by atoms with Gasteiger partial charge in [0.05, 0.1) is 11.3 Å². The Morgan fingerprint density at radius 1 is 1.21 bits per heavy atom. The van der Waals surface area contributed by atoms with Gasteiger partial charge in [-0.25, -0.2) is 4.68 Å². The van der Waals surface area contributed by atoms with Crippen molar-refractivity contribution in [2.45, 2.75) is 25.7 Å². The molecule has 4 N–H and O–H groups in total. The molecule has 0 aliphatic carbocycles. The number of aromatic nitrogens is 2. The van der Waals surface area contributed by atoms with Crippen molar-refractivity contribution in [1.82, 2.24) is 15.1 Å². The number of piperidine rings is 1. The summed E-state index contributed by atoms with van der Waals surface area (Å²) in [5.74, 6) is 0.900. The molecule has 0 spiro atoms. The average molecular weight is 376 g/mol. The number of nitrogens with zero attached hydrogens (tertiary/aromatic N) is 2. The number of nitrogens with two attached hydrogens (primary N) is 1. The number of nitrogens with one attached hydrogen (secondary N) is 1. The SMILES string of the molecule is Cc1ccc(O)cc1-n1nc(-c2cccc(C3CCNCC3)c2)c(C=O)c1N. The highest BCUT2D eigenvalue weighted by Crippen LogP contribution is 2.33. The van der Waals surface area contributed by atoms with Crippen LogP contribution in [0.1, 0.15) is 40.2 Å². The van der Waals surface area contributed by atoms with Crippen molar-refractivity contribution >= 4 is 12.1 Å². The fraction of sp³-hybridized carbons (Fsp3) is 0.273. The number of aryl methyl sites for hydroxylation is 1. The summed E-state index contributed by atoms with van der Waals surface area (Å²) in [4.78, 5) is 11.8. The van der Waals surface area contributed by atoms with Crippen molar-refractivity contribution in [2.75, 3.05) is 18.8 Å². The van der Waals surface area contributed by atoms with E-state index < -0.39 is 0 Å². The number of carbonyl (C=O) groups is 1. The topological polar surface area (TPSA) is 93.2 Å². The van der Waals surface area contributed by atoms with Gasteiger partial charge in [0.2, 0.25) is 0 Å². The van der Waals surface area contributed by atoms with Crippen LogP contribution < -0.4 is 11.1 Å². The zero-order chi connectivity index (χ0) is 19.7. The normalized spacial score (nSPS) is 14.9. The number of phenols is 1. The highest BCUT2D eigenvalue weighted by atomic mass is 16.3. The smallest absolute Gasteiger partial charge is 0.156 e. The van der Waals surface area contributed by atoms with Gasteiger partial charge in [0, 0.05) is 11.6 Å². The molecule has 0 bridgehead atoms. The number of phenolic OH excluding ortho intramolecular Hbond substituents is 1. The molecule has 6 heteroatoms. The van der Waals surface area contributed by atoms with E-state index in [0.29, 0.717) is 22.9 Å². The van der Waals surface area contributed by atoms with E-state index in [9.17, 15) is 9.90 Å². The minimum Gasteiger partial charge on any atom is -0.508 e. The van der Waals surface area contributed by atoms with E-state index in [0.717, 1.165) is 43.3 Å². The number of carbonyl (C=O) groups excluding carboxylic acids is 1. The Hall–Kier alpha value is -3.12. The van der Waals surface area contributed by atoms with Crippen LogP contribution in [0.2, 0.25) is 0 Å². The maximum absolute atomic E-state index is 11.8. The number of rotatable bonds is 4. The van der Waals surface area contributed by atoms with Gasteiger partial charge in [0.25, 0.3) is 0 Å². The number of aromatic hydroxyl groups is 1. The van der Waals surface area contributed by atoms with Gasteiger partial charge in [-0.05, 0) is 62.0 Å². The lowest BCUT2D eigenvalue weighted by atomic mass is 9.89. The first kappa shape index (κ1) is 18.3. The standard InChI is InChI=1S/C22H24N4O2/c1-14-5-6-18(28)12-20(14)26-22(23)19(13-27)21(25-26)17-4-2-3-16(11-17)15-7-9-24-10-8-15/h2-6,11-13,15,24,28H,7-10,23H2,1H3. The summed E-state index contributed by atoms with van der Waals surface area (Å²) in [6.07, 6.45) is 2.95. The van der Waals surface area contributed by atoms with E-state index in [1.165, 1.54) is 10.2 Å². The van der Waals surface area contributed by atoms with Gasteiger partial charge < -0.3 is 16.2 Å². The molecule has 0 unspecified atom stereocenters. The zero-order valence-corrected chi connectivity index (χ0v) is 15.9. The highest BCUT2D eigenvalue weighted by molar-refractivity contribution is 5.92. The number of hydrogen-bond acceptors (Lipinski definition) is 5. The molecule has 2 heterocycles. The molecule has 0 amide bonds. The fourth-order valence-electron chi connectivity index (χ4n) is 3.88. The third-order valence-electron chi connectivity index (χ3n) is 5.47. The van der Waals surface area contributed by atoms with Crippen LogP contribution in [-0.2, 0) is 0 Å². The van der Waals surface area contributed by atoms with Gasteiger partial charge in [-0.2, -0.15) is 5.10 Å². The predicted octanol–water partition coefficient (Wildman–Crippen LogP) is 3.42. The Labute approximate surface area is 164 Å². The second-order valence-electron chi connectivity index (χ2n) is 7.30. The van der Waals surface area contributed by atoms with Gasteiger partial charge >= 0.3 is 0 Å². The van der Waals surface area contributed by atoms with E-state index in [2.05, 4.69) is 22.5 Å². The Balaban J connectivity index is 1.80. The molecule has 1 aromatic heterocycles. The predicted molar refractivity (Wildman–Crippen MR) is 110 cm³/mol. The van der Waals surface area contributed by atoms with Gasteiger partial charge in [0.15, 0.2) is 6.29 Å². The number of hydrogen-bond donors (Lipinski definition) is 3. The maximum Gasteiger partial charge on any atom is 0.156 e. The Morgan fingerprint density at radius 3 is 2.75 bits per heavy atom. The first-order valence-electron chi connectivity index (χ1n) is 9.53. The molecule has 0 radical (unpaired) electrons. The number of benzene rings is 2. The first-order chi connectivity index (χ1) is 13.6. The van der Waals surface area contributed by atoms with Crippen LogP contribution in [-0.4, -0.2) is 34.3 Å². The van der Waals surface area contributed by atoms with Crippen molar-refractivity contribution in [3.63, 3.8) is 0 Å². The van der Waals surface area contributed by atoms with Crippen molar-refractivity contribution in [3.05, 3.63) is 59.2 Å². The molecular formula is C22H24N4O2. The van der Waals surface area contributed by atoms with Gasteiger partial charge in [-0.15, -0.1) is 0 Å². The second-order valence-corrected chi connectivity index (χ2v) is 7.30. The Kier molecular flexibility index (Phi) is 4.88. The Bertz CT molecular complexity index is 1020. The third kappa shape index (κ3) is 3.27. The molecule has 1 saturated heterocycles. The lowest BCUT2D eigenvalue weighted by Crippen LogP contribution is -2.26. The van der Waals surface area contributed by atoms with E-state index in [-0.39, 0.29) is 11.6 Å². The minimum absolute atomic E-state index is 0.123. The molecule has 3 aromatic rings. The average Bonchev–Trinajstić information content (AvgIpc) is 3.06. The molecule has 28 heavy (non-hydrogen) atoms. The quantitative estimate of drug-likeness (QED) is 0.607. The summed E-state index contributed by atoms with van der Waals surface area (Å²) < 4.78 is 1.53. The van der Waals surface area contributed by atoms with Gasteiger partial charge in [0.1, 0.15) is 17.3 Å². The molecular weight excluding hydrogens is 352 g/mol. The van der Waals surface area contributed by atoms with Crippen LogP contribution in [0.5, 0.6) is 5.75 Å². The summed E-state index contributed by atoms with van der Waals surface area (Å²) >= 11 is 0. The lowest BCUT2D eigenvalue weighted by Gasteiger charge is -2.23. The molecule has 2 aromatic carbocycles. The van der Waals surface area contributed by atoms with Gasteiger partial charge in [-0.1, -0.05) is 24.3 Å². The molecule has 144 valence electrons. The first-order valence-corrected chi connectivity index (χ1v) is 9.53. The van der Waals surface area contributed by atoms with Crippen LogP contribution in [0.4, 0.5) is 5.82 Å². The van der Waals surface area contributed by atoms with Crippen LogP contribution >= 0.6 is 0 Å². The fourth-order valence-corrected chi connectivity index (χ4v) is 3.88. The largest absolute Gasteiger partial charge is 0.508 e.